The third-order valence-electron chi connectivity index (χ3n) is 3.98. The molecule has 3 rings (SSSR count). The summed E-state index contributed by atoms with van der Waals surface area (Å²) < 4.78 is 27.3. The van der Waals surface area contributed by atoms with Gasteiger partial charge in [-0.25, -0.2) is 8.78 Å². The van der Waals surface area contributed by atoms with Crippen LogP contribution in [0.4, 0.5) is 8.78 Å². The van der Waals surface area contributed by atoms with E-state index in [9.17, 15) is 13.6 Å². The van der Waals surface area contributed by atoms with Gasteiger partial charge in [-0.3, -0.25) is 9.69 Å². The van der Waals surface area contributed by atoms with Gasteiger partial charge in [-0.15, -0.1) is 11.3 Å². The van der Waals surface area contributed by atoms with Gasteiger partial charge >= 0.3 is 0 Å². The lowest BCUT2D eigenvalue weighted by atomic mass is 10.2. The van der Waals surface area contributed by atoms with Crippen molar-refractivity contribution < 1.29 is 13.6 Å². The van der Waals surface area contributed by atoms with Crippen molar-refractivity contribution in [1.29, 1.82) is 0 Å². The minimum absolute atomic E-state index is 0.0902. The van der Waals surface area contributed by atoms with Crippen molar-refractivity contribution in [2.45, 2.75) is 19.5 Å². The molecule has 128 valence electrons. The second kappa shape index (κ2) is 7.59. The van der Waals surface area contributed by atoms with Crippen LogP contribution >= 0.6 is 22.9 Å². The van der Waals surface area contributed by atoms with E-state index >= 15 is 0 Å². The topological polar surface area (TPSA) is 23.6 Å². The van der Waals surface area contributed by atoms with Crippen LogP contribution in [0.2, 0.25) is 4.34 Å². The summed E-state index contributed by atoms with van der Waals surface area (Å²) >= 11 is 7.40. The van der Waals surface area contributed by atoms with Crippen LogP contribution in [0.3, 0.4) is 0 Å². The van der Waals surface area contributed by atoms with E-state index in [1.54, 1.807) is 0 Å². The van der Waals surface area contributed by atoms with E-state index < -0.39 is 11.6 Å². The lowest BCUT2D eigenvalue weighted by Gasteiger charge is -2.21. The molecule has 1 aliphatic rings. The van der Waals surface area contributed by atoms with Crippen LogP contribution in [0.5, 0.6) is 0 Å². The summed E-state index contributed by atoms with van der Waals surface area (Å²) in [5.74, 6) is -1.06. The van der Waals surface area contributed by atoms with E-state index in [2.05, 4.69) is 0 Å². The van der Waals surface area contributed by atoms with Crippen molar-refractivity contribution in [1.82, 2.24) is 9.80 Å². The number of halogens is 3. The molecular weight excluding hydrogens is 354 g/mol. The third kappa shape index (κ3) is 4.53. The van der Waals surface area contributed by atoms with E-state index in [0.29, 0.717) is 49.0 Å². The number of amides is 1. The first kappa shape index (κ1) is 17.3. The highest BCUT2D eigenvalue weighted by Crippen LogP contribution is 2.23. The maximum atomic E-state index is 13.3. The Morgan fingerprint density at radius 2 is 1.79 bits per heavy atom. The van der Waals surface area contributed by atoms with E-state index in [-0.39, 0.29) is 5.91 Å². The average molecular weight is 371 g/mol. The number of hydrogen-bond acceptors (Lipinski definition) is 3. The molecule has 1 fully saturated rings. The van der Waals surface area contributed by atoms with Crippen molar-refractivity contribution in [3.63, 3.8) is 0 Å². The fraction of sp³-hybridized carbons (Fsp3) is 0.353. The molecule has 1 aliphatic heterocycles. The third-order valence-corrected chi connectivity index (χ3v) is 5.20. The number of rotatable bonds is 4. The average Bonchev–Trinajstić information content (AvgIpc) is 2.84. The molecule has 3 nitrogen and oxygen atoms in total. The summed E-state index contributed by atoms with van der Waals surface area (Å²) in [4.78, 5) is 17.2. The number of nitrogens with zero attached hydrogens (tertiary/aromatic N) is 2. The smallest absolute Gasteiger partial charge is 0.224 e. The van der Waals surface area contributed by atoms with Crippen LogP contribution < -0.4 is 0 Å². The van der Waals surface area contributed by atoms with Gasteiger partial charge in [-0.2, -0.15) is 0 Å². The molecule has 2 heterocycles. The van der Waals surface area contributed by atoms with Crippen LogP contribution in [-0.4, -0.2) is 35.3 Å². The van der Waals surface area contributed by atoms with Crippen molar-refractivity contribution in [2.75, 3.05) is 19.6 Å². The summed E-state index contributed by atoms with van der Waals surface area (Å²) in [7, 11) is 0. The molecule has 0 atom stereocenters. The normalized spacial score (nSPS) is 16.5. The second-order valence-electron chi connectivity index (χ2n) is 5.82. The molecule has 0 unspecified atom stereocenters. The molecule has 1 saturated heterocycles. The number of thiophene rings is 1. The van der Waals surface area contributed by atoms with E-state index in [4.69, 9.17) is 11.6 Å². The van der Waals surface area contributed by atoms with Gasteiger partial charge in [-0.1, -0.05) is 11.6 Å². The number of carbonyl (C=O) groups is 1. The monoisotopic (exact) mass is 370 g/mol. The Kier molecular flexibility index (Phi) is 5.48. The van der Waals surface area contributed by atoms with E-state index in [0.717, 1.165) is 10.9 Å². The zero-order chi connectivity index (χ0) is 17.1. The lowest BCUT2D eigenvalue weighted by Crippen LogP contribution is -2.32. The largest absolute Gasteiger partial charge is 0.336 e. The molecule has 24 heavy (non-hydrogen) atoms. The highest BCUT2D eigenvalue weighted by Gasteiger charge is 2.21. The molecule has 0 aliphatic carbocycles. The van der Waals surface area contributed by atoms with Crippen LogP contribution in [0.1, 0.15) is 16.9 Å². The number of carbonyl (C=O) groups excluding carboxylic acids is 1. The Bertz CT molecular complexity index is 717. The Morgan fingerprint density at radius 3 is 2.46 bits per heavy atom. The minimum atomic E-state index is -0.577. The van der Waals surface area contributed by atoms with Crippen LogP contribution in [0.25, 0.3) is 0 Å². The molecule has 1 amide bonds. The SMILES string of the molecule is O=C1CCN(Cc2cc(F)cc(F)c2)CCN1Cc1ccc(Cl)s1. The molecule has 2 aromatic rings. The van der Waals surface area contributed by atoms with Crippen molar-refractivity contribution in [3.8, 4) is 0 Å². The molecule has 7 heteroatoms. The van der Waals surface area contributed by atoms with Gasteiger partial charge < -0.3 is 4.90 Å². The fourth-order valence-electron chi connectivity index (χ4n) is 2.82. The van der Waals surface area contributed by atoms with Crippen molar-refractivity contribution in [2.24, 2.45) is 0 Å². The predicted molar refractivity (Wildman–Crippen MR) is 91.0 cm³/mol. The van der Waals surface area contributed by atoms with Crippen LogP contribution in [0, 0.1) is 11.6 Å². The van der Waals surface area contributed by atoms with Gasteiger partial charge in [0.15, 0.2) is 0 Å². The first-order valence-electron chi connectivity index (χ1n) is 7.69. The highest BCUT2D eigenvalue weighted by molar-refractivity contribution is 7.16. The Morgan fingerprint density at radius 1 is 1.04 bits per heavy atom. The first-order chi connectivity index (χ1) is 11.5. The van der Waals surface area contributed by atoms with Gasteiger partial charge in [0.05, 0.1) is 10.9 Å². The molecule has 0 radical (unpaired) electrons. The van der Waals surface area contributed by atoms with Gasteiger partial charge in [0.1, 0.15) is 11.6 Å². The Hall–Kier alpha value is -1.50. The molecule has 0 saturated carbocycles. The fourth-order valence-corrected chi connectivity index (χ4v) is 3.92. The zero-order valence-corrected chi connectivity index (χ0v) is 14.5. The van der Waals surface area contributed by atoms with Crippen molar-refractivity contribution in [3.05, 3.63) is 56.7 Å². The van der Waals surface area contributed by atoms with E-state index in [1.807, 2.05) is 21.9 Å². The standard InChI is InChI=1S/C17H17ClF2N2OS/c18-16-2-1-15(24-16)11-22-6-5-21(4-3-17(22)23)10-12-7-13(19)9-14(20)8-12/h1-2,7-9H,3-6,10-11H2. The summed E-state index contributed by atoms with van der Waals surface area (Å²) in [5.41, 5.74) is 0.582. The molecule has 0 bridgehead atoms. The van der Waals surface area contributed by atoms with Gasteiger partial charge in [-0.05, 0) is 29.8 Å². The first-order valence-corrected chi connectivity index (χ1v) is 8.88. The van der Waals surface area contributed by atoms with Gasteiger partial charge in [0.25, 0.3) is 0 Å². The molecule has 0 spiro atoms. The Balaban J connectivity index is 1.62. The number of benzene rings is 1. The quantitative estimate of drug-likeness (QED) is 0.814. The summed E-state index contributed by atoms with van der Waals surface area (Å²) in [6.45, 7) is 2.83. The maximum absolute atomic E-state index is 13.3. The number of hydrogen-bond donors (Lipinski definition) is 0. The van der Waals surface area contributed by atoms with E-state index in [1.165, 1.54) is 23.5 Å². The molecule has 1 aromatic heterocycles. The lowest BCUT2D eigenvalue weighted by molar-refractivity contribution is -0.130. The summed E-state index contributed by atoms with van der Waals surface area (Å²) in [6, 6.07) is 7.29. The molecular formula is C17H17ClF2N2OS. The second-order valence-corrected chi connectivity index (χ2v) is 7.62. The van der Waals surface area contributed by atoms with Gasteiger partial charge in [0, 0.05) is 43.5 Å². The summed E-state index contributed by atoms with van der Waals surface area (Å²) in [5, 5.41) is 0. The predicted octanol–water partition coefficient (Wildman–Crippen LogP) is 3.91. The maximum Gasteiger partial charge on any atom is 0.224 e. The zero-order valence-electron chi connectivity index (χ0n) is 13.0. The highest BCUT2D eigenvalue weighted by atomic mass is 35.5. The molecule has 0 N–H and O–H groups in total. The minimum Gasteiger partial charge on any atom is -0.336 e. The summed E-state index contributed by atoms with van der Waals surface area (Å²) in [6.07, 6.45) is 0.400. The molecule has 1 aromatic carbocycles. The van der Waals surface area contributed by atoms with Crippen LogP contribution in [0.15, 0.2) is 30.3 Å². The van der Waals surface area contributed by atoms with Crippen molar-refractivity contribution >= 4 is 28.8 Å². The van der Waals surface area contributed by atoms with Crippen LogP contribution in [-0.2, 0) is 17.9 Å². The van der Waals surface area contributed by atoms with Gasteiger partial charge in [0.2, 0.25) is 5.91 Å². The Labute approximate surface area is 148 Å².